The molecule has 0 amide bonds. The van der Waals surface area contributed by atoms with Crippen molar-refractivity contribution in [3.63, 3.8) is 0 Å². The third-order valence-corrected chi connectivity index (χ3v) is 8.29. The molecule has 5 nitrogen and oxygen atoms in total. The van der Waals surface area contributed by atoms with Gasteiger partial charge in [0, 0.05) is 19.9 Å². The fraction of sp³-hybridized carbons (Fsp3) is 0.333. The largest absolute Gasteiger partial charge is 0.280 e. The monoisotopic (exact) mass is 571 g/mol. The topological polar surface area (TPSA) is 64.8 Å². The van der Waals surface area contributed by atoms with E-state index in [-0.39, 0.29) is 17.4 Å². The first-order valence-electron chi connectivity index (χ1n) is 9.67. The van der Waals surface area contributed by atoms with Crippen LogP contribution in [-0.4, -0.2) is 23.2 Å². The first-order chi connectivity index (χ1) is 14.3. The van der Waals surface area contributed by atoms with Crippen molar-refractivity contribution in [2.45, 2.75) is 43.1 Å². The van der Waals surface area contributed by atoms with Gasteiger partial charge < -0.3 is 0 Å². The van der Waals surface area contributed by atoms with Crippen molar-refractivity contribution in [2.24, 2.45) is 0 Å². The highest BCUT2D eigenvalue weighted by atomic mass is 79.9. The van der Waals surface area contributed by atoms with Gasteiger partial charge in [0.25, 0.3) is 0 Å². The van der Waals surface area contributed by atoms with Gasteiger partial charge in [0.15, 0.2) is 15.7 Å². The number of nitrogens with zero attached hydrogens (tertiary/aromatic N) is 3. The maximum atomic E-state index is 13.0. The molecule has 30 heavy (non-hydrogen) atoms. The third kappa shape index (κ3) is 4.82. The Labute approximate surface area is 198 Å². The molecule has 0 radical (unpaired) electrons. The summed E-state index contributed by atoms with van der Waals surface area (Å²) in [4.78, 5) is 0. The van der Waals surface area contributed by atoms with E-state index in [1.807, 2.05) is 22.8 Å². The number of rotatable bonds is 6. The highest BCUT2D eigenvalue weighted by Gasteiger charge is 2.29. The van der Waals surface area contributed by atoms with Crippen LogP contribution >= 0.6 is 43.5 Å². The number of hydrogen-bond acceptors (Lipinski definition) is 4. The van der Waals surface area contributed by atoms with E-state index in [9.17, 15) is 8.42 Å². The summed E-state index contributed by atoms with van der Waals surface area (Å²) in [6, 6.07) is 12.7. The van der Waals surface area contributed by atoms with E-state index < -0.39 is 9.84 Å². The number of sulfone groups is 1. The van der Waals surface area contributed by atoms with Gasteiger partial charge in [-0.2, -0.15) is 0 Å². The minimum absolute atomic E-state index is 0.0765. The van der Waals surface area contributed by atoms with Gasteiger partial charge in [-0.05, 0) is 74.5 Å². The van der Waals surface area contributed by atoms with Crippen LogP contribution in [0.3, 0.4) is 0 Å². The van der Waals surface area contributed by atoms with Gasteiger partial charge in [0.05, 0.1) is 11.4 Å². The van der Waals surface area contributed by atoms with Crippen molar-refractivity contribution >= 4 is 53.3 Å². The van der Waals surface area contributed by atoms with Crippen molar-refractivity contribution < 1.29 is 8.42 Å². The zero-order valence-electron chi connectivity index (χ0n) is 16.1. The zero-order valence-corrected chi connectivity index (χ0v) is 20.8. The fourth-order valence-corrected chi connectivity index (χ4v) is 6.76. The molecule has 4 rings (SSSR count). The Morgan fingerprint density at radius 1 is 0.967 bits per heavy atom. The molecular weight excluding hydrogens is 554 g/mol. The number of halogens is 3. The Morgan fingerprint density at radius 3 is 2.23 bits per heavy atom. The molecule has 0 bridgehead atoms. The molecule has 1 heterocycles. The quantitative estimate of drug-likeness (QED) is 0.351. The summed E-state index contributed by atoms with van der Waals surface area (Å²) >= 11 is 13.2. The summed E-state index contributed by atoms with van der Waals surface area (Å²) in [7, 11) is -3.46. The summed E-state index contributed by atoms with van der Waals surface area (Å²) in [6.07, 6.45) is 4.38. The molecule has 0 saturated heterocycles. The van der Waals surface area contributed by atoms with Crippen LogP contribution in [0.1, 0.15) is 48.8 Å². The van der Waals surface area contributed by atoms with E-state index in [2.05, 4.69) is 42.1 Å². The van der Waals surface area contributed by atoms with Crippen molar-refractivity contribution in [3.8, 4) is 5.69 Å². The molecule has 0 atom stereocenters. The maximum absolute atomic E-state index is 13.0. The van der Waals surface area contributed by atoms with Gasteiger partial charge in [-0.3, -0.25) is 4.57 Å². The molecule has 2 aromatic carbocycles. The lowest BCUT2D eigenvalue weighted by Crippen LogP contribution is -2.15. The van der Waals surface area contributed by atoms with Crippen LogP contribution in [0.2, 0.25) is 5.02 Å². The summed E-state index contributed by atoms with van der Waals surface area (Å²) in [6.45, 7) is 0. The number of aromatic nitrogens is 3. The third-order valence-electron chi connectivity index (χ3n) is 5.29. The normalized spacial score (nSPS) is 15.0. The first kappa shape index (κ1) is 22.0. The minimum Gasteiger partial charge on any atom is -0.280 e. The molecule has 158 valence electrons. The standard InChI is InChI=1S/C21H20Br2ClN3O2S/c22-17-6-3-7-18(23)20(17)27-19(25-26-21(27)15-4-1-2-5-15)13-30(28,29)12-14-8-10-16(24)11-9-14/h3,6-11,15H,1-2,4-5,12-13H2. The van der Waals surface area contributed by atoms with Crippen molar-refractivity contribution in [1.82, 2.24) is 14.8 Å². The van der Waals surface area contributed by atoms with E-state index in [1.54, 1.807) is 24.3 Å². The lowest BCUT2D eigenvalue weighted by molar-refractivity contribution is 0.591. The molecule has 1 aliphatic carbocycles. The molecular formula is C21H20Br2ClN3O2S. The van der Waals surface area contributed by atoms with Crippen LogP contribution in [-0.2, 0) is 21.3 Å². The van der Waals surface area contributed by atoms with Crippen LogP contribution in [0.25, 0.3) is 5.69 Å². The molecule has 9 heteroatoms. The molecule has 1 aromatic heterocycles. The molecule has 1 saturated carbocycles. The average Bonchev–Trinajstić information content (AvgIpc) is 3.34. The Bertz CT molecular complexity index is 1140. The molecule has 0 aliphatic heterocycles. The van der Waals surface area contributed by atoms with E-state index in [4.69, 9.17) is 11.6 Å². The predicted molar refractivity (Wildman–Crippen MR) is 126 cm³/mol. The molecule has 0 spiro atoms. The second-order valence-electron chi connectivity index (χ2n) is 7.52. The Hall–Kier alpha value is -1.22. The molecule has 1 fully saturated rings. The van der Waals surface area contributed by atoms with Crippen LogP contribution in [0.15, 0.2) is 51.4 Å². The second-order valence-corrected chi connectivity index (χ2v) is 11.7. The van der Waals surface area contributed by atoms with Crippen molar-refractivity contribution in [1.29, 1.82) is 0 Å². The van der Waals surface area contributed by atoms with E-state index in [0.717, 1.165) is 46.1 Å². The van der Waals surface area contributed by atoms with Crippen LogP contribution < -0.4 is 0 Å². The number of para-hydroxylation sites is 1. The summed E-state index contributed by atoms with van der Waals surface area (Å²) in [5.74, 6) is 1.27. The lowest BCUT2D eigenvalue weighted by Gasteiger charge is -2.17. The van der Waals surface area contributed by atoms with E-state index in [0.29, 0.717) is 16.4 Å². The van der Waals surface area contributed by atoms with Gasteiger partial charge in [-0.15, -0.1) is 10.2 Å². The van der Waals surface area contributed by atoms with Crippen LogP contribution in [0.5, 0.6) is 0 Å². The Morgan fingerprint density at radius 2 is 1.60 bits per heavy atom. The SMILES string of the molecule is O=S(=O)(Cc1ccc(Cl)cc1)Cc1nnc(C2CCCC2)n1-c1c(Br)cccc1Br. The first-order valence-corrected chi connectivity index (χ1v) is 13.5. The van der Waals surface area contributed by atoms with Gasteiger partial charge in [0.1, 0.15) is 11.6 Å². The van der Waals surface area contributed by atoms with Crippen LogP contribution in [0.4, 0.5) is 0 Å². The Kier molecular flexibility index (Phi) is 6.67. The van der Waals surface area contributed by atoms with Gasteiger partial charge in [-0.25, -0.2) is 8.42 Å². The zero-order chi connectivity index (χ0) is 21.3. The lowest BCUT2D eigenvalue weighted by atomic mass is 10.1. The number of benzene rings is 2. The number of hydrogen-bond donors (Lipinski definition) is 0. The molecule has 0 unspecified atom stereocenters. The van der Waals surface area contributed by atoms with Gasteiger partial charge in [-0.1, -0.05) is 42.6 Å². The van der Waals surface area contributed by atoms with Gasteiger partial charge >= 0.3 is 0 Å². The highest BCUT2D eigenvalue weighted by Crippen LogP contribution is 2.38. The average molecular weight is 574 g/mol. The maximum Gasteiger partial charge on any atom is 0.161 e. The summed E-state index contributed by atoms with van der Waals surface area (Å²) in [5.41, 5.74) is 1.53. The molecule has 3 aromatic rings. The van der Waals surface area contributed by atoms with E-state index in [1.165, 1.54) is 0 Å². The van der Waals surface area contributed by atoms with Crippen LogP contribution in [0, 0.1) is 0 Å². The predicted octanol–water partition coefficient (Wildman–Crippen LogP) is 6.22. The second kappa shape index (κ2) is 9.10. The molecule has 1 aliphatic rings. The summed E-state index contributed by atoms with van der Waals surface area (Å²) in [5, 5.41) is 9.36. The van der Waals surface area contributed by atoms with E-state index >= 15 is 0 Å². The van der Waals surface area contributed by atoms with Crippen molar-refractivity contribution in [2.75, 3.05) is 0 Å². The minimum atomic E-state index is -3.46. The smallest absolute Gasteiger partial charge is 0.161 e. The van der Waals surface area contributed by atoms with Gasteiger partial charge in [0.2, 0.25) is 0 Å². The molecule has 0 N–H and O–H groups in total. The Balaban J connectivity index is 1.73. The van der Waals surface area contributed by atoms with Crippen molar-refractivity contribution in [3.05, 3.63) is 73.6 Å². The fourth-order valence-electron chi connectivity index (χ4n) is 3.90. The highest BCUT2D eigenvalue weighted by molar-refractivity contribution is 9.11. The summed E-state index contributed by atoms with van der Waals surface area (Å²) < 4.78 is 29.6.